The van der Waals surface area contributed by atoms with Crippen LogP contribution in [0.3, 0.4) is 0 Å². The number of hydrogen-bond donors (Lipinski definition) is 2. The molecule has 3 rings (SSSR count). The summed E-state index contributed by atoms with van der Waals surface area (Å²) in [4.78, 5) is 24.8. The highest BCUT2D eigenvalue weighted by Gasteiger charge is 2.30. The Bertz CT molecular complexity index is 902. The molecule has 1 heterocycles. The lowest BCUT2D eigenvalue weighted by Crippen LogP contribution is -2.27. The summed E-state index contributed by atoms with van der Waals surface area (Å²) in [7, 11) is -3.36. The van der Waals surface area contributed by atoms with E-state index in [0.717, 1.165) is 12.8 Å². The maximum Gasteiger partial charge on any atom is 0.261 e. The predicted octanol–water partition coefficient (Wildman–Crippen LogP) is 3.22. The molecule has 0 saturated heterocycles. The van der Waals surface area contributed by atoms with Crippen molar-refractivity contribution in [2.24, 2.45) is 0 Å². The zero-order valence-electron chi connectivity index (χ0n) is 14.8. The van der Waals surface area contributed by atoms with Gasteiger partial charge in [-0.05, 0) is 42.5 Å². The van der Waals surface area contributed by atoms with Crippen molar-refractivity contribution in [1.82, 2.24) is 5.32 Å². The van der Waals surface area contributed by atoms with Crippen LogP contribution in [0.4, 0.5) is 5.69 Å². The summed E-state index contributed by atoms with van der Waals surface area (Å²) in [5.74, 6) is -0.487. The molecular weight excluding hydrogens is 384 g/mol. The molecule has 1 aliphatic rings. The highest BCUT2D eigenvalue weighted by molar-refractivity contribution is 7.92. The Labute approximate surface area is 162 Å². The van der Waals surface area contributed by atoms with Crippen molar-refractivity contribution >= 4 is 38.7 Å². The normalized spacial score (nSPS) is 14.8. The zero-order chi connectivity index (χ0) is 19.3. The van der Waals surface area contributed by atoms with Gasteiger partial charge in [-0.3, -0.25) is 9.59 Å². The van der Waals surface area contributed by atoms with E-state index in [4.69, 9.17) is 0 Å². The number of benzene rings is 1. The molecule has 2 amide bonds. The number of anilines is 1. The highest BCUT2D eigenvalue weighted by atomic mass is 32.2. The second-order valence-electron chi connectivity index (χ2n) is 6.51. The van der Waals surface area contributed by atoms with E-state index in [-0.39, 0.29) is 34.9 Å². The van der Waals surface area contributed by atoms with Crippen molar-refractivity contribution in [2.75, 3.05) is 11.9 Å². The molecule has 0 aliphatic heterocycles. The van der Waals surface area contributed by atoms with Gasteiger partial charge in [-0.25, -0.2) is 8.42 Å². The van der Waals surface area contributed by atoms with Gasteiger partial charge in [-0.1, -0.05) is 25.0 Å². The Morgan fingerprint density at radius 1 is 1.11 bits per heavy atom. The maximum atomic E-state index is 12.7. The molecule has 0 bridgehead atoms. The Morgan fingerprint density at radius 2 is 1.89 bits per heavy atom. The minimum atomic E-state index is -3.36. The van der Waals surface area contributed by atoms with Crippen molar-refractivity contribution in [3.8, 4) is 0 Å². The number of rotatable bonds is 7. The number of amides is 2. The standard InChI is InChI=1S/C19H22N2O4S2/c22-18(10-11-20-19(23)17-9-4-12-26-17)21-14-5-3-8-16(13-14)27(24,25)15-6-1-2-7-15/h3-5,8-9,12-13,15H,1-2,6-7,10-11H2,(H,20,23)(H,21,22). The van der Waals surface area contributed by atoms with E-state index in [1.165, 1.54) is 17.4 Å². The SMILES string of the molecule is O=C(CCNC(=O)c1cccs1)Nc1cccc(S(=O)(=O)C2CCCC2)c1. The van der Waals surface area contributed by atoms with E-state index in [9.17, 15) is 18.0 Å². The first-order valence-corrected chi connectivity index (χ1v) is 11.3. The average molecular weight is 407 g/mol. The fraction of sp³-hybridized carbons (Fsp3) is 0.368. The van der Waals surface area contributed by atoms with Gasteiger partial charge in [-0.2, -0.15) is 0 Å². The van der Waals surface area contributed by atoms with Crippen LogP contribution in [-0.2, 0) is 14.6 Å². The number of sulfone groups is 1. The lowest BCUT2D eigenvalue weighted by Gasteiger charge is -2.12. The Hall–Kier alpha value is -2.19. The highest BCUT2D eigenvalue weighted by Crippen LogP contribution is 2.30. The number of carbonyl (C=O) groups is 2. The van der Waals surface area contributed by atoms with E-state index in [1.807, 2.05) is 5.38 Å². The minimum absolute atomic E-state index is 0.108. The molecular formula is C19H22N2O4S2. The third-order valence-corrected chi connectivity index (χ3v) is 7.70. The van der Waals surface area contributed by atoms with Crippen LogP contribution in [0, 0.1) is 0 Å². The van der Waals surface area contributed by atoms with E-state index < -0.39 is 9.84 Å². The van der Waals surface area contributed by atoms with Gasteiger partial charge >= 0.3 is 0 Å². The van der Waals surface area contributed by atoms with Gasteiger partial charge in [0.05, 0.1) is 15.0 Å². The Kier molecular flexibility index (Phi) is 6.28. The van der Waals surface area contributed by atoms with Crippen LogP contribution < -0.4 is 10.6 Å². The fourth-order valence-electron chi connectivity index (χ4n) is 3.15. The van der Waals surface area contributed by atoms with Crippen molar-refractivity contribution in [1.29, 1.82) is 0 Å². The first-order chi connectivity index (χ1) is 13.0. The molecule has 0 atom stereocenters. The first kappa shape index (κ1) is 19.6. The Morgan fingerprint density at radius 3 is 2.59 bits per heavy atom. The van der Waals surface area contributed by atoms with Crippen LogP contribution in [0.15, 0.2) is 46.7 Å². The van der Waals surface area contributed by atoms with Crippen molar-refractivity contribution in [3.05, 3.63) is 46.7 Å². The molecule has 0 spiro atoms. The van der Waals surface area contributed by atoms with Crippen LogP contribution in [0.1, 0.15) is 41.8 Å². The van der Waals surface area contributed by atoms with Gasteiger partial charge in [0.15, 0.2) is 9.84 Å². The molecule has 1 saturated carbocycles. The number of hydrogen-bond acceptors (Lipinski definition) is 5. The molecule has 0 radical (unpaired) electrons. The first-order valence-electron chi connectivity index (χ1n) is 8.92. The second kappa shape index (κ2) is 8.67. The fourth-order valence-corrected chi connectivity index (χ4v) is 5.69. The smallest absolute Gasteiger partial charge is 0.261 e. The van der Waals surface area contributed by atoms with E-state index in [0.29, 0.717) is 23.4 Å². The van der Waals surface area contributed by atoms with Crippen LogP contribution in [0.2, 0.25) is 0 Å². The third kappa shape index (κ3) is 4.95. The summed E-state index contributed by atoms with van der Waals surface area (Å²) in [5, 5.41) is 6.88. The van der Waals surface area contributed by atoms with Crippen molar-refractivity contribution in [3.63, 3.8) is 0 Å². The quantitative estimate of drug-likeness (QED) is 0.738. The monoisotopic (exact) mass is 406 g/mol. The number of thiophene rings is 1. The lowest BCUT2D eigenvalue weighted by molar-refractivity contribution is -0.116. The Balaban J connectivity index is 1.54. The summed E-state index contributed by atoms with van der Waals surface area (Å²) in [6.07, 6.45) is 3.39. The summed E-state index contributed by atoms with van der Waals surface area (Å²) < 4.78 is 25.3. The summed E-state index contributed by atoms with van der Waals surface area (Å²) >= 11 is 1.34. The molecule has 1 aromatic heterocycles. The second-order valence-corrected chi connectivity index (χ2v) is 9.69. The summed E-state index contributed by atoms with van der Waals surface area (Å²) in [5.41, 5.74) is 0.448. The molecule has 1 aliphatic carbocycles. The molecule has 1 fully saturated rings. The largest absolute Gasteiger partial charge is 0.351 e. The summed E-state index contributed by atoms with van der Waals surface area (Å²) in [6.45, 7) is 0.211. The summed E-state index contributed by atoms with van der Waals surface area (Å²) in [6, 6.07) is 9.89. The lowest BCUT2D eigenvalue weighted by atomic mass is 10.3. The molecule has 0 unspecified atom stereocenters. The molecule has 144 valence electrons. The van der Waals surface area contributed by atoms with Crippen molar-refractivity contribution in [2.45, 2.75) is 42.2 Å². The molecule has 2 aromatic rings. The topological polar surface area (TPSA) is 92.3 Å². The van der Waals surface area contributed by atoms with Crippen LogP contribution in [-0.4, -0.2) is 32.0 Å². The van der Waals surface area contributed by atoms with Gasteiger partial charge in [0.2, 0.25) is 5.91 Å². The van der Waals surface area contributed by atoms with Crippen LogP contribution in [0.25, 0.3) is 0 Å². The van der Waals surface area contributed by atoms with E-state index >= 15 is 0 Å². The van der Waals surface area contributed by atoms with Crippen LogP contribution >= 0.6 is 11.3 Å². The molecule has 6 nitrogen and oxygen atoms in total. The van der Waals surface area contributed by atoms with Gasteiger partial charge in [-0.15, -0.1) is 11.3 Å². The van der Waals surface area contributed by atoms with E-state index in [2.05, 4.69) is 10.6 Å². The van der Waals surface area contributed by atoms with Gasteiger partial charge in [0.1, 0.15) is 0 Å². The minimum Gasteiger partial charge on any atom is -0.351 e. The molecule has 1 aromatic carbocycles. The molecule has 27 heavy (non-hydrogen) atoms. The van der Waals surface area contributed by atoms with Crippen molar-refractivity contribution < 1.29 is 18.0 Å². The van der Waals surface area contributed by atoms with E-state index in [1.54, 1.807) is 30.3 Å². The molecule has 2 N–H and O–H groups in total. The predicted molar refractivity (Wildman–Crippen MR) is 106 cm³/mol. The zero-order valence-corrected chi connectivity index (χ0v) is 16.4. The van der Waals surface area contributed by atoms with Gasteiger partial charge < -0.3 is 10.6 Å². The van der Waals surface area contributed by atoms with Gasteiger partial charge in [0, 0.05) is 18.7 Å². The van der Waals surface area contributed by atoms with Crippen LogP contribution in [0.5, 0.6) is 0 Å². The van der Waals surface area contributed by atoms with Gasteiger partial charge in [0.25, 0.3) is 5.91 Å². The maximum absolute atomic E-state index is 12.7. The number of nitrogens with one attached hydrogen (secondary N) is 2. The molecule has 8 heteroatoms. The third-order valence-electron chi connectivity index (χ3n) is 4.57. The number of carbonyl (C=O) groups excluding carboxylic acids is 2. The average Bonchev–Trinajstić information content (AvgIpc) is 3.36.